The lowest BCUT2D eigenvalue weighted by atomic mass is 10.1. The predicted molar refractivity (Wildman–Crippen MR) is 116 cm³/mol. The Bertz CT molecular complexity index is 1540. The fraction of sp³-hybridized carbons (Fsp3) is 0.136. The van der Waals surface area contributed by atoms with Crippen LogP contribution in [0.4, 0.5) is 4.39 Å². The monoisotopic (exact) mass is 447 g/mol. The van der Waals surface area contributed by atoms with Gasteiger partial charge in [0.2, 0.25) is 0 Å². The summed E-state index contributed by atoms with van der Waals surface area (Å²) in [4.78, 5) is 30.9. The average Bonchev–Trinajstić information content (AvgIpc) is 3.25. The quantitative estimate of drug-likeness (QED) is 0.464. The number of nitrogens with zero attached hydrogens (tertiary/aromatic N) is 5. The molecule has 0 N–H and O–H groups in total. The molecular formula is C22H14FN5O3S. The molecule has 0 spiro atoms. The summed E-state index contributed by atoms with van der Waals surface area (Å²) in [6.45, 7) is 0.0698. The molecule has 10 heteroatoms. The molecule has 32 heavy (non-hydrogen) atoms. The van der Waals surface area contributed by atoms with Crippen molar-refractivity contribution in [3.63, 3.8) is 0 Å². The SMILES string of the molecule is COc1cc(-c2cc3c(s2)c(=O)n(-c2cccnc2)c(=O)n3CCC#N)c(C#N)cc1F. The lowest BCUT2D eigenvalue weighted by Gasteiger charge is -2.10. The van der Waals surface area contributed by atoms with Crippen LogP contribution < -0.4 is 16.0 Å². The Kier molecular flexibility index (Phi) is 5.54. The van der Waals surface area contributed by atoms with Crippen LogP contribution in [-0.2, 0) is 6.54 Å². The molecule has 4 aromatic rings. The topological polar surface area (TPSA) is 114 Å². The van der Waals surface area contributed by atoms with Crippen LogP contribution in [0.25, 0.3) is 26.3 Å². The Morgan fingerprint density at radius 1 is 1.25 bits per heavy atom. The molecule has 3 heterocycles. The second kappa shape index (κ2) is 8.46. The molecule has 158 valence electrons. The summed E-state index contributed by atoms with van der Waals surface area (Å²) in [5.41, 5.74) is -0.0805. The number of ether oxygens (including phenoxy) is 1. The molecule has 0 aliphatic rings. The maximum atomic E-state index is 14.1. The van der Waals surface area contributed by atoms with Crippen molar-refractivity contribution in [1.29, 1.82) is 10.5 Å². The number of hydrogen-bond acceptors (Lipinski definition) is 7. The third-order valence-corrected chi connectivity index (χ3v) is 6.00. The number of aryl methyl sites for hydroxylation is 1. The zero-order valence-corrected chi connectivity index (χ0v) is 17.5. The van der Waals surface area contributed by atoms with Gasteiger partial charge in [0.25, 0.3) is 5.56 Å². The van der Waals surface area contributed by atoms with Crippen molar-refractivity contribution < 1.29 is 9.13 Å². The minimum atomic E-state index is -0.682. The molecule has 0 aliphatic heterocycles. The Hall–Kier alpha value is -4.28. The van der Waals surface area contributed by atoms with Crippen molar-refractivity contribution in [2.75, 3.05) is 7.11 Å². The average molecular weight is 447 g/mol. The highest BCUT2D eigenvalue weighted by Gasteiger charge is 2.20. The first-order valence-electron chi connectivity index (χ1n) is 9.35. The van der Waals surface area contributed by atoms with Gasteiger partial charge in [-0.15, -0.1) is 11.3 Å². The molecular weight excluding hydrogens is 433 g/mol. The summed E-state index contributed by atoms with van der Waals surface area (Å²) in [5, 5.41) is 18.5. The van der Waals surface area contributed by atoms with Crippen molar-refractivity contribution in [2.45, 2.75) is 13.0 Å². The molecule has 0 saturated heterocycles. The summed E-state index contributed by atoms with van der Waals surface area (Å²) < 4.78 is 21.7. The van der Waals surface area contributed by atoms with Crippen LogP contribution in [-0.4, -0.2) is 21.2 Å². The maximum Gasteiger partial charge on any atom is 0.336 e. The second-order valence-corrected chi connectivity index (χ2v) is 7.72. The summed E-state index contributed by atoms with van der Waals surface area (Å²) in [7, 11) is 1.31. The highest BCUT2D eigenvalue weighted by molar-refractivity contribution is 7.22. The van der Waals surface area contributed by atoms with E-state index in [0.29, 0.717) is 21.6 Å². The van der Waals surface area contributed by atoms with Crippen LogP contribution in [0.5, 0.6) is 5.75 Å². The highest BCUT2D eigenvalue weighted by atomic mass is 32.1. The Morgan fingerprint density at radius 2 is 2.06 bits per heavy atom. The number of benzene rings is 1. The highest BCUT2D eigenvalue weighted by Crippen LogP contribution is 2.36. The van der Waals surface area contributed by atoms with Crippen LogP contribution in [0.15, 0.2) is 52.3 Å². The number of fused-ring (bicyclic) bond motifs is 1. The zero-order valence-electron chi connectivity index (χ0n) is 16.7. The first kappa shape index (κ1) is 21.0. The van der Waals surface area contributed by atoms with E-state index in [-0.39, 0.29) is 29.0 Å². The molecule has 8 nitrogen and oxygen atoms in total. The second-order valence-electron chi connectivity index (χ2n) is 6.66. The van der Waals surface area contributed by atoms with Crippen molar-refractivity contribution in [2.24, 2.45) is 0 Å². The molecule has 0 amide bonds. The van der Waals surface area contributed by atoms with E-state index in [1.54, 1.807) is 18.2 Å². The summed E-state index contributed by atoms with van der Waals surface area (Å²) in [6, 6.07) is 11.2. The van der Waals surface area contributed by atoms with Gasteiger partial charge in [0.15, 0.2) is 11.6 Å². The first-order chi connectivity index (χ1) is 15.5. The van der Waals surface area contributed by atoms with Crippen molar-refractivity contribution in [3.8, 4) is 34.0 Å². The number of pyridine rings is 1. The van der Waals surface area contributed by atoms with Crippen LogP contribution in [0.3, 0.4) is 0 Å². The molecule has 4 rings (SSSR count). The van der Waals surface area contributed by atoms with E-state index < -0.39 is 17.1 Å². The number of methoxy groups -OCH3 is 1. The summed E-state index contributed by atoms with van der Waals surface area (Å²) in [5.74, 6) is -0.732. The molecule has 0 atom stereocenters. The van der Waals surface area contributed by atoms with E-state index >= 15 is 0 Å². The number of nitriles is 2. The normalized spacial score (nSPS) is 10.6. The molecule has 0 radical (unpaired) electrons. The zero-order chi connectivity index (χ0) is 22.8. The minimum absolute atomic E-state index is 0.0499. The molecule has 0 unspecified atom stereocenters. The van der Waals surface area contributed by atoms with E-state index in [4.69, 9.17) is 10.00 Å². The van der Waals surface area contributed by atoms with Crippen LogP contribution in [0.1, 0.15) is 12.0 Å². The number of thiophene rings is 1. The van der Waals surface area contributed by atoms with Gasteiger partial charge in [-0.1, -0.05) is 0 Å². The van der Waals surface area contributed by atoms with Crippen LogP contribution in [0.2, 0.25) is 0 Å². The Labute approximate surface area is 184 Å². The van der Waals surface area contributed by atoms with Crippen LogP contribution in [0, 0.1) is 28.5 Å². The molecule has 0 saturated carbocycles. The predicted octanol–water partition coefficient (Wildman–Crippen LogP) is 3.21. The Balaban J connectivity index is 2.06. The lowest BCUT2D eigenvalue weighted by Crippen LogP contribution is -2.38. The minimum Gasteiger partial charge on any atom is -0.494 e. The van der Waals surface area contributed by atoms with E-state index in [9.17, 15) is 19.2 Å². The third-order valence-electron chi connectivity index (χ3n) is 4.85. The van der Waals surface area contributed by atoms with E-state index in [1.807, 2.05) is 12.1 Å². The van der Waals surface area contributed by atoms with E-state index in [2.05, 4.69) is 4.98 Å². The maximum absolute atomic E-state index is 14.1. The van der Waals surface area contributed by atoms with Crippen molar-refractivity contribution in [3.05, 3.63) is 74.9 Å². The standard InChI is InChI=1S/C22H14FN5O3S/c1-31-18-9-15(13(11-25)8-16(18)23)19-10-17-20(32-19)21(29)28(14-4-2-6-26-12-14)22(30)27(17)7-3-5-24/h2,4,6,8-10,12H,3,7H2,1H3. The van der Waals surface area contributed by atoms with Gasteiger partial charge in [0, 0.05) is 23.2 Å². The summed E-state index contributed by atoms with van der Waals surface area (Å²) in [6.07, 6.45) is 2.98. The van der Waals surface area contributed by atoms with Gasteiger partial charge in [0.1, 0.15) is 4.70 Å². The largest absolute Gasteiger partial charge is 0.494 e. The number of rotatable bonds is 5. The van der Waals surface area contributed by atoms with Gasteiger partial charge in [-0.25, -0.2) is 13.8 Å². The molecule has 3 aromatic heterocycles. The van der Waals surface area contributed by atoms with Gasteiger partial charge in [0.05, 0.1) is 48.6 Å². The fourth-order valence-electron chi connectivity index (χ4n) is 3.38. The van der Waals surface area contributed by atoms with Gasteiger partial charge < -0.3 is 4.74 Å². The fourth-order valence-corrected chi connectivity index (χ4v) is 4.50. The van der Waals surface area contributed by atoms with Crippen molar-refractivity contribution >= 4 is 21.6 Å². The van der Waals surface area contributed by atoms with Crippen LogP contribution >= 0.6 is 11.3 Å². The Morgan fingerprint density at radius 3 is 2.72 bits per heavy atom. The number of halogens is 1. The first-order valence-corrected chi connectivity index (χ1v) is 10.2. The number of aromatic nitrogens is 3. The molecule has 1 aromatic carbocycles. The molecule has 0 aliphatic carbocycles. The smallest absolute Gasteiger partial charge is 0.336 e. The summed E-state index contributed by atoms with van der Waals surface area (Å²) >= 11 is 1.07. The third kappa shape index (κ3) is 3.43. The molecule has 0 fully saturated rings. The van der Waals surface area contributed by atoms with Gasteiger partial charge in [-0.2, -0.15) is 10.5 Å². The van der Waals surface area contributed by atoms with Gasteiger partial charge in [-0.3, -0.25) is 14.3 Å². The van der Waals surface area contributed by atoms with Crippen molar-refractivity contribution in [1.82, 2.24) is 14.1 Å². The van der Waals surface area contributed by atoms with Gasteiger partial charge in [-0.05, 0) is 30.3 Å². The van der Waals surface area contributed by atoms with E-state index in [1.165, 1.54) is 30.1 Å². The van der Waals surface area contributed by atoms with E-state index in [0.717, 1.165) is 22.0 Å². The molecule has 0 bridgehead atoms. The van der Waals surface area contributed by atoms with Gasteiger partial charge >= 0.3 is 5.69 Å². The number of hydrogen-bond donors (Lipinski definition) is 0. The lowest BCUT2D eigenvalue weighted by molar-refractivity contribution is 0.386.